The fourth-order valence-corrected chi connectivity index (χ4v) is 3.69. The molecule has 0 spiro atoms. The fourth-order valence-electron chi connectivity index (χ4n) is 3.69. The minimum Gasteiger partial charge on any atom is -0.339 e. The molecular formula is C21H20N4O2. The van der Waals surface area contributed by atoms with Crippen molar-refractivity contribution in [1.29, 1.82) is 0 Å². The molecule has 0 saturated heterocycles. The molecule has 0 saturated carbocycles. The molecule has 1 aliphatic rings. The summed E-state index contributed by atoms with van der Waals surface area (Å²) in [5.74, 6) is -0.154. The molecular weight excluding hydrogens is 340 g/mol. The van der Waals surface area contributed by atoms with Gasteiger partial charge in [-0.25, -0.2) is 0 Å². The third kappa shape index (κ3) is 2.99. The highest BCUT2D eigenvalue weighted by Crippen LogP contribution is 2.39. The molecule has 2 amide bonds. The van der Waals surface area contributed by atoms with Crippen molar-refractivity contribution in [2.75, 3.05) is 5.32 Å². The molecule has 0 radical (unpaired) electrons. The molecule has 6 heteroatoms. The summed E-state index contributed by atoms with van der Waals surface area (Å²) >= 11 is 0. The minimum atomic E-state index is -0.726. The smallest absolute Gasteiger partial charge is 0.251 e. The zero-order chi connectivity index (χ0) is 19.0. The van der Waals surface area contributed by atoms with Crippen LogP contribution in [0.15, 0.2) is 60.7 Å². The van der Waals surface area contributed by atoms with Crippen LogP contribution in [0.5, 0.6) is 0 Å². The Bertz CT molecular complexity index is 996. The number of nitrogens with one attached hydrogen (secondary N) is 2. The number of benzene rings is 2. The minimum absolute atomic E-state index is 0.247. The Balaban J connectivity index is 1.78. The Kier molecular flexibility index (Phi) is 4.24. The maximum Gasteiger partial charge on any atom is 0.251 e. The highest BCUT2D eigenvalue weighted by Gasteiger charge is 2.41. The third-order valence-corrected chi connectivity index (χ3v) is 4.92. The number of carbonyl (C=O) groups excluding carboxylic acids is 2. The van der Waals surface area contributed by atoms with E-state index in [1.54, 1.807) is 36.0 Å². The van der Waals surface area contributed by atoms with Gasteiger partial charge < -0.3 is 10.6 Å². The number of anilines is 1. The van der Waals surface area contributed by atoms with Crippen LogP contribution in [0.25, 0.3) is 0 Å². The Hall–Kier alpha value is -3.41. The van der Waals surface area contributed by atoms with Crippen molar-refractivity contribution in [2.24, 2.45) is 7.05 Å². The highest BCUT2D eigenvalue weighted by atomic mass is 16.2. The standard InChI is InChI=1S/C21H20N4O2/c1-13-16-17(14-9-5-3-6-10-14)18(21(27)23-19(16)25(2)24-13)22-20(26)15-11-7-4-8-12-15/h3-12,17-18H,1-2H3,(H,22,26)(H,23,27). The van der Waals surface area contributed by atoms with Gasteiger partial charge in [-0.3, -0.25) is 14.3 Å². The highest BCUT2D eigenvalue weighted by molar-refractivity contribution is 6.03. The number of nitrogens with zero attached hydrogens (tertiary/aromatic N) is 2. The molecule has 2 heterocycles. The van der Waals surface area contributed by atoms with Gasteiger partial charge in [0.05, 0.1) is 5.69 Å². The van der Waals surface area contributed by atoms with Crippen molar-refractivity contribution >= 4 is 17.6 Å². The Labute approximate surface area is 157 Å². The van der Waals surface area contributed by atoms with Crippen LogP contribution in [0.2, 0.25) is 0 Å². The van der Waals surface area contributed by atoms with Crippen LogP contribution in [-0.2, 0) is 11.8 Å². The summed E-state index contributed by atoms with van der Waals surface area (Å²) < 4.78 is 1.67. The zero-order valence-corrected chi connectivity index (χ0v) is 15.1. The van der Waals surface area contributed by atoms with Crippen LogP contribution in [0, 0.1) is 6.92 Å². The largest absolute Gasteiger partial charge is 0.339 e. The second-order valence-electron chi connectivity index (χ2n) is 6.67. The predicted molar refractivity (Wildman–Crippen MR) is 103 cm³/mol. The Morgan fingerprint density at radius 2 is 1.70 bits per heavy atom. The molecule has 27 heavy (non-hydrogen) atoms. The second kappa shape index (κ2) is 6.72. The van der Waals surface area contributed by atoms with Crippen molar-refractivity contribution < 1.29 is 9.59 Å². The third-order valence-electron chi connectivity index (χ3n) is 4.92. The van der Waals surface area contributed by atoms with Crippen LogP contribution >= 0.6 is 0 Å². The van der Waals surface area contributed by atoms with Gasteiger partial charge in [-0.05, 0) is 24.6 Å². The van der Waals surface area contributed by atoms with E-state index < -0.39 is 6.04 Å². The molecule has 2 aromatic carbocycles. The van der Waals surface area contributed by atoms with E-state index >= 15 is 0 Å². The van der Waals surface area contributed by atoms with E-state index in [9.17, 15) is 9.59 Å². The maximum atomic E-state index is 12.9. The van der Waals surface area contributed by atoms with E-state index in [2.05, 4.69) is 15.7 Å². The Morgan fingerprint density at radius 3 is 2.37 bits per heavy atom. The van der Waals surface area contributed by atoms with Crippen LogP contribution in [0.4, 0.5) is 5.82 Å². The van der Waals surface area contributed by atoms with E-state index in [1.165, 1.54) is 0 Å². The molecule has 136 valence electrons. The molecule has 1 aliphatic heterocycles. The van der Waals surface area contributed by atoms with Gasteiger partial charge in [0.2, 0.25) is 5.91 Å². The molecule has 0 fully saturated rings. The molecule has 1 aromatic heterocycles. The van der Waals surface area contributed by atoms with Crippen molar-refractivity contribution in [3.63, 3.8) is 0 Å². The van der Waals surface area contributed by atoms with Gasteiger partial charge in [0.1, 0.15) is 11.9 Å². The van der Waals surface area contributed by atoms with Crippen LogP contribution in [0.3, 0.4) is 0 Å². The van der Waals surface area contributed by atoms with Gasteiger partial charge in [-0.15, -0.1) is 0 Å². The lowest BCUT2D eigenvalue weighted by atomic mass is 9.82. The van der Waals surface area contributed by atoms with Crippen LogP contribution in [0.1, 0.15) is 33.1 Å². The topological polar surface area (TPSA) is 76.0 Å². The quantitative estimate of drug-likeness (QED) is 0.754. The lowest BCUT2D eigenvalue weighted by Crippen LogP contribution is -2.50. The summed E-state index contributed by atoms with van der Waals surface area (Å²) in [5, 5.41) is 10.3. The Morgan fingerprint density at radius 1 is 1.07 bits per heavy atom. The van der Waals surface area contributed by atoms with Crippen LogP contribution < -0.4 is 10.6 Å². The van der Waals surface area contributed by atoms with Gasteiger partial charge in [-0.1, -0.05) is 48.5 Å². The molecule has 0 bridgehead atoms. The summed E-state index contributed by atoms with van der Waals surface area (Å²) in [5.41, 5.74) is 3.25. The molecule has 2 atom stereocenters. The first-order valence-electron chi connectivity index (χ1n) is 8.81. The van der Waals surface area contributed by atoms with Gasteiger partial charge in [0.25, 0.3) is 5.91 Å². The zero-order valence-electron chi connectivity index (χ0n) is 15.1. The average molecular weight is 360 g/mol. The van der Waals surface area contributed by atoms with E-state index in [0.717, 1.165) is 16.8 Å². The maximum absolute atomic E-state index is 12.9. The fraction of sp³-hybridized carbons (Fsp3) is 0.190. The average Bonchev–Trinajstić information content (AvgIpc) is 2.97. The number of aromatic nitrogens is 2. The number of hydrogen-bond acceptors (Lipinski definition) is 3. The number of fused-ring (bicyclic) bond motifs is 1. The first-order chi connectivity index (χ1) is 13.1. The SMILES string of the molecule is Cc1nn(C)c2c1C(c1ccccc1)C(NC(=O)c1ccccc1)C(=O)N2. The van der Waals surface area contributed by atoms with Gasteiger partial charge in [0, 0.05) is 24.1 Å². The van der Waals surface area contributed by atoms with Crippen molar-refractivity contribution in [3.05, 3.63) is 83.0 Å². The normalized spacial score (nSPS) is 18.5. The number of rotatable bonds is 3. The first kappa shape index (κ1) is 17.0. The molecule has 6 nitrogen and oxygen atoms in total. The number of aryl methyl sites for hydroxylation is 2. The first-order valence-corrected chi connectivity index (χ1v) is 8.81. The van der Waals surface area contributed by atoms with E-state index in [1.807, 2.05) is 43.3 Å². The molecule has 4 rings (SSSR count). The molecule has 2 N–H and O–H groups in total. The van der Waals surface area contributed by atoms with Crippen molar-refractivity contribution in [1.82, 2.24) is 15.1 Å². The van der Waals surface area contributed by atoms with Crippen LogP contribution in [-0.4, -0.2) is 27.6 Å². The predicted octanol–water partition coefficient (Wildman–Crippen LogP) is 2.61. The molecule has 0 aliphatic carbocycles. The number of amides is 2. The lowest BCUT2D eigenvalue weighted by molar-refractivity contribution is -0.118. The van der Waals surface area contributed by atoms with Gasteiger partial charge in [-0.2, -0.15) is 5.10 Å². The summed E-state index contributed by atoms with van der Waals surface area (Å²) in [4.78, 5) is 25.6. The van der Waals surface area contributed by atoms with E-state index in [4.69, 9.17) is 0 Å². The van der Waals surface area contributed by atoms with Crippen molar-refractivity contribution in [2.45, 2.75) is 18.9 Å². The molecule has 2 unspecified atom stereocenters. The van der Waals surface area contributed by atoms with Gasteiger partial charge >= 0.3 is 0 Å². The second-order valence-corrected chi connectivity index (χ2v) is 6.67. The summed E-state index contributed by atoms with van der Waals surface area (Å²) in [6.45, 7) is 1.92. The van der Waals surface area contributed by atoms with Crippen molar-refractivity contribution in [3.8, 4) is 0 Å². The summed E-state index contributed by atoms with van der Waals surface area (Å²) in [6.07, 6.45) is 0. The number of hydrogen-bond donors (Lipinski definition) is 2. The van der Waals surface area contributed by atoms with E-state index in [0.29, 0.717) is 11.4 Å². The lowest BCUT2D eigenvalue weighted by Gasteiger charge is -2.32. The van der Waals surface area contributed by atoms with Gasteiger partial charge in [0.15, 0.2) is 0 Å². The van der Waals surface area contributed by atoms with E-state index in [-0.39, 0.29) is 17.7 Å². The summed E-state index contributed by atoms with van der Waals surface area (Å²) in [6, 6.07) is 17.9. The molecule has 3 aromatic rings. The number of carbonyl (C=O) groups is 2. The monoisotopic (exact) mass is 360 g/mol. The summed E-state index contributed by atoms with van der Waals surface area (Å²) in [7, 11) is 1.80.